The van der Waals surface area contributed by atoms with E-state index in [1.807, 2.05) is 6.07 Å². The molecule has 1 N–H and O–H groups in total. The predicted octanol–water partition coefficient (Wildman–Crippen LogP) is 4.60. The van der Waals surface area contributed by atoms with Gasteiger partial charge in [-0.25, -0.2) is 8.42 Å². The summed E-state index contributed by atoms with van der Waals surface area (Å²) in [5, 5.41) is 8.68. The molecule has 0 spiro atoms. The van der Waals surface area contributed by atoms with Crippen LogP contribution in [0.2, 0.25) is 0 Å². The molecule has 3 fully saturated rings. The number of aliphatic carboxylic acids is 1. The number of halogens is 1. The van der Waals surface area contributed by atoms with Crippen LogP contribution >= 0.6 is 12.4 Å². The lowest BCUT2D eigenvalue weighted by Gasteiger charge is -2.22. The number of carbonyl (C=O) groups is 3. The number of pyridine rings is 1. The van der Waals surface area contributed by atoms with Crippen LogP contribution in [0.15, 0.2) is 41.4 Å². The summed E-state index contributed by atoms with van der Waals surface area (Å²) in [6.45, 7) is 0. The maximum absolute atomic E-state index is 13.6. The smallest absolute Gasteiger partial charge is 0.307 e. The zero-order valence-electron chi connectivity index (χ0n) is 20.6. The second kappa shape index (κ2) is 11.0. The fourth-order valence-corrected chi connectivity index (χ4v) is 7.26. The van der Waals surface area contributed by atoms with Crippen molar-refractivity contribution < 1.29 is 27.9 Å². The van der Waals surface area contributed by atoms with Gasteiger partial charge in [-0.05, 0) is 79.2 Å². The number of aromatic nitrogens is 1. The van der Waals surface area contributed by atoms with Gasteiger partial charge in [0.2, 0.25) is 0 Å². The monoisotopic (exact) mass is 545 g/mol. The second-order valence-electron chi connectivity index (χ2n) is 10.6. The highest BCUT2D eigenvalue weighted by Gasteiger charge is 2.41. The molecule has 7 nitrogen and oxygen atoms in total. The number of hydrogen-bond acceptors (Lipinski definition) is 6. The average molecular weight is 546 g/mol. The van der Waals surface area contributed by atoms with Crippen molar-refractivity contribution in [2.24, 2.45) is 5.92 Å². The van der Waals surface area contributed by atoms with Gasteiger partial charge in [0.1, 0.15) is 11.6 Å². The largest absolute Gasteiger partial charge is 0.481 e. The highest BCUT2D eigenvalue weighted by atomic mass is 35.5. The summed E-state index contributed by atoms with van der Waals surface area (Å²) in [5.41, 5.74) is 2.80. The molecular weight excluding hydrogens is 514 g/mol. The normalized spacial score (nSPS) is 20.3. The Hall–Kier alpha value is -2.58. The average Bonchev–Trinajstić information content (AvgIpc) is 3.75. The second-order valence-corrected chi connectivity index (χ2v) is 12.8. The standard InChI is InChI=1S/C28H31NO6S.ClH/c30-22-7-2-17(11-22)12-24(26(31)15-21-6-1-18(16-29-21)13-28(32)33)20-5-10-27(25(14-20)19-3-4-19)36(34,35)23-8-9-23;/h1,5-6,10,14,16-17,19,23-24H,2-4,7-9,11-13,15H2,(H,32,33);1H/t17-,24+;/m0./s1. The molecule has 0 radical (unpaired) electrons. The van der Waals surface area contributed by atoms with Gasteiger partial charge in [0.15, 0.2) is 9.84 Å². The molecule has 3 aliphatic rings. The Morgan fingerprint density at radius 2 is 1.78 bits per heavy atom. The summed E-state index contributed by atoms with van der Waals surface area (Å²) in [5.74, 6) is -0.821. The van der Waals surface area contributed by atoms with Gasteiger partial charge in [-0.3, -0.25) is 19.4 Å². The summed E-state index contributed by atoms with van der Waals surface area (Å²) in [7, 11) is -3.34. The first-order valence-corrected chi connectivity index (χ1v) is 14.3. The molecule has 0 amide bonds. The molecular formula is C28H32ClNO6S. The number of ketones is 2. The third-order valence-corrected chi connectivity index (χ3v) is 9.96. The van der Waals surface area contributed by atoms with E-state index in [0.29, 0.717) is 48.3 Å². The molecule has 2 aromatic rings. The van der Waals surface area contributed by atoms with E-state index in [4.69, 9.17) is 5.11 Å². The van der Waals surface area contributed by atoms with Gasteiger partial charge in [-0.1, -0.05) is 18.2 Å². The van der Waals surface area contributed by atoms with E-state index in [1.165, 1.54) is 6.20 Å². The topological polar surface area (TPSA) is 118 Å². The number of Topliss-reactive ketones (excluding diaryl/α,β-unsaturated/α-hetero) is 2. The van der Waals surface area contributed by atoms with Crippen molar-refractivity contribution >= 4 is 39.8 Å². The van der Waals surface area contributed by atoms with Gasteiger partial charge in [0.05, 0.1) is 16.6 Å². The fraction of sp³-hybridized carbons (Fsp3) is 0.500. The summed E-state index contributed by atoms with van der Waals surface area (Å²) in [6.07, 6.45) is 7.16. The molecule has 3 aliphatic carbocycles. The first-order chi connectivity index (χ1) is 17.2. The molecule has 9 heteroatoms. The zero-order chi connectivity index (χ0) is 25.4. The van der Waals surface area contributed by atoms with E-state index in [1.54, 1.807) is 24.3 Å². The Balaban J connectivity index is 0.00000320. The Morgan fingerprint density at radius 1 is 1.03 bits per heavy atom. The van der Waals surface area contributed by atoms with Crippen molar-refractivity contribution in [3.05, 3.63) is 58.9 Å². The molecule has 0 aliphatic heterocycles. The minimum absolute atomic E-state index is 0. The van der Waals surface area contributed by atoms with Crippen molar-refractivity contribution in [2.75, 3.05) is 0 Å². The highest BCUT2D eigenvalue weighted by molar-refractivity contribution is 7.92. The maximum Gasteiger partial charge on any atom is 0.307 e. The third kappa shape index (κ3) is 6.47. The number of nitrogens with zero attached hydrogens (tertiary/aromatic N) is 1. The Morgan fingerprint density at radius 3 is 2.35 bits per heavy atom. The molecule has 0 unspecified atom stereocenters. The molecule has 37 heavy (non-hydrogen) atoms. The van der Waals surface area contributed by atoms with Crippen molar-refractivity contribution in [1.82, 2.24) is 4.98 Å². The first-order valence-electron chi connectivity index (χ1n) is 12.8. The first kappa shape index (κ1) is 27.5. The van der Waals surface area contributed by atoms with Gasteiger partial charge in [0.25, 0.3) is 0 Å². The van der Waals surface area contributed by atoms with Crippen LogP contribution in [0.1, 0.15) is 85.6 Å². The Bertz CT molecular complexity index is 1300. The van der Waals surface area contributed by atoms with Crippen LogP contribution in [0.3, 0.4) is 0 Å². The van der Waals surface area contributed by atoms with E-state index in [0.717, 1.165) is 30.4 Å². The molecule has 2 atom stereocenters. The van der Waals surface area contributed by atoms with E-state index in [9.17, 15) is 22.8 Å². The van der Waals surface area contributed by atoms with Crippen LogP contribution in [0.4, 0.5) is 0 Å². The molecule has 1 heterocycles. The minimum Gasteiger partial charge on any atom is -0.481 e. The van der Waals surface area contributed by atoms with Crippen molar-refractivity contribution in [1.29, 1.82) is 0 Å². The number of carboxylic acid groups (broad SMARTS) is 1. The third-order valence-electron chi connectivity index (χ3n) is 7.63. The molecule has 0 bridgehead atoms. The van der Waals surface area contributed by atoms with Gasteiger partial charge in [-0.2, -0.15) is 0 Å². The fourth-order valence-electron chi connectivity index (χ4n) is 5.33. The molecule has 0 saturated heterocycles. The van der Waals surface area contributed by atoms with Gasteiger partial charge < -0.3 is 5.11 Å². The number of rotatable bonds is 11. The predicted molar refractivity (Wildman–Crippen MR) is 140 cm³/mol. The van der Waals surface area contributed by atoms with Crippen molar-refractivity contribution in [2.45, 2.75) is 86.2 Å². The SMILES string of the molecule is Cl.O=C(O)Cc1ccc(CC(=O)[C@H](C[C@H]2CCC(=O)C2)c2ccc(S(=O)(=O)C3CC3)c(C3CC3)c2)nc1. The van der Waals surface area contributed by atoms with E-state index >= 15 is 0 Å². The van der Waals surface area contributed by atoms with Crippen LogP contribution in [-0.4, -0.2) is 41.3 Å². The lowest BCUT2D eigenvalue weighted by molar-refractivity contribution is -0.136. The number of hydrogen-bond donors (Lipinski definition) is 1. The number of carbonyl (C=O) groups excluding carboxylic acids is 2. The van der Waals surface area contributed by atoms with Gasteiger partial charge in [-0.15, -0.1) is 12.4 Å². The lowest BCUT2D eigenvalue weighted by Crippen LogP contribution is -2.20. The number of carboxylic acids is 1. The van der Waals surface area contributed by atoms with E-state index in [2.05, 4.69) is 4.98 Å². The quantitative estimate of drug-likeness (QED) is 0.438. The number of sulfone groups is 1. The highest BCUT2D eigenvalue weighted by Crippen LogP contribution is 2.47. The van der Waals surface area contributed by atoms with Crippen LogP contribution in [0.25, 0.3) is 0 Å². The van der Waals surface area contributed by atoms with E-state index < -0.39 is 21.7 Å². The maximum atomic E-state index is 13.6. The molecule has 5 rings (SSSR count). The summed E-state index contributed by atoms with van der Waals surface area (Å²) < 4.78 is 26.1. The minimum atomic E-state index is -3.34. The van der Waals surface area contributed by atoms with Gasteiger partial charge in [0, 0.05) is 37.1 Å². The van der Waals surface area contributed by atoms with Crippen LogP contribution in [-0.2, 0) is 37.1 Å². The van der Waals surface area contributed by atoms with Crippen molar-refractivity contribution in [3.8, 4) is 0 Å². The van der Waals surface area contributed by atoms with E-state index in [-0.39, 0.29) is 53.9 Å². The number of benzene rings is 1. The van der Waals surface area contributed by atoms with Crippen molar-refractivity contribution in [3.63, 3.8) is 0 Å². The summed E-state index contributed by atoms with van der Waals surface area (Å²) in [6, 6.07) is 8.81. The van der Waals surface area contributed by atoms with Crippen LogP contribution < -0.4 is 0 Å². The molecule has 3 saturated carbocycles. The van der Waals surface area contributed by atoms with Gasteiger partial charge >= 0.3 is 5.97 Å². The summed E-state index contributed by atoms with van der Waals surface area (Å²) in [4.78, 5) is 41.2. The Kier molecular flexibility index (Phi) is 8.19. The van der Waals surface area contributed by atoms with Crippen LogP contribution in [0.5, 0.6) is 0 Å². The molecule has 1 aromatic carbocycles. The summed E-state index contributed by atoms with van der Waals surface area (Å²) >= 11 is 0. The molecule has 1 aromatic heterocycles. The van der Waals surface area contributed by atoms with Crippen LogP contribution in [0, 0.1) is 5.92 Å². The zero-order valence-corrected chi connectivity index (χ0v) is 22.2. The molecule has 198 valence electrons. The lowest BCUT2D eigenvalue weighted by atomic mass is 9.83. The Labute approximate surface area is 223 Å².